The van der Waals surface area contributed by atoms with E-state index in [0.29, 0.717) is 5.41 Å². The van der Waals surface area contributed by atoms with Crippen LogP contribution in [-0.4, -0.2) is 0 Å². The van der Waals surface area contributed by atoms with Crippen LogP contribution in [0.4, 0.5) is 0 Å². The van der Waals surface area contributed by atoms with Crippen LogP contribution in [0.5, 0.6) is 0 Å². The Bertz CT molecular complexity index is 219. The average Bonchev–Trinajstić information content (AvgIpc) is 2.66. The third-order valence-corrected chi connectivity index (χ3v) is 4.81. The molecule has 0 N–H and O–H groups in total. The maximum absolute atomic E-state index is 2.26. The minimum absolute atomic E-state index is 0.500. The van der Waals surface area contributed by atoms with E-state index in [1.165, 1.54) is 77.0 Å². The van der Waals surface area contributed by atoms with Crippen LogP contribution in [-0.2, 0) is 0 Å². The molecule has 0 aromatic heterocycles. The van der Waals surface area contributed by atoms with Crippen molar-refractivity contribution >= 4 is 0 Å². The summed E-state index contributed by atoms with van der Waals surface area (Å²) in [7, 11) is 0. The van der Waals surface area contributed by atoms with E-state index in [9.17, 15) is 0 Å². The Morgan fingerprint density at radius 2 is 0.581 bits per heavy atom. The molecular weight excluding hydrogens is 372 g/mol. The zero-order valence-corrected chi connectivity index (χ0v) is 25.7. The van der Waals surface area contributed by atoms with E-state index >= 15 is 0 Å². The highest BCUT2D eigenvalue weighted by atomic mass is 14.0. The third kappa shape index (κ3) is 105. The lowest BCUT2D eigenvalue weighted by molar-refractivity contribution is 0.457. The van der Waals surface area contributed by atoms with Gasteiger partial charge in [0.15, 0.2) is 0 Å². The second-order valence-electron chi connectivity index (χ2n) is 11.8. The predicted octanol–water partition coefficient (Wildman–Crippen LogP) is 12.7. The van der Waals surface area contributed by atoms with Crippen molar-refractivity contribution in [2.24, 2.45) is 23.2 Å². The first-order chi connectivity index (χ1) is 14.2. The Morgan fingerprint density at radius 3 is 0.677 bits per heavy atom. The van der Waals surface area contributed by atoms with Crippen LogP contribution < -0.4 is 0 Å². The van der Waals surface area contributed by atoms with Gasteiger partial charge >= 0.3 is 0 Å². The minimum Gasteiger partial charge on any atom is -0.0654 e. The molecule has 31 heavy (non-hydrogen) atoms. The summed E-state index contributed by atoms with van der Waals surface area (Å²) in [6.07, 6.45) is 16.8. The summed E-state index contributed by atoms with van der Waals surface area (Å²) in [5.41, 5.74) is 0.500. The Kier molecular flexibility index (Phi) is 46.1. The Balaban J connectivity index is -0.0000000920. The molecule has 0 aliphatic carbocycles. The largest absolute Gasteiger partial charge is 0.0654 e. The molecule has 0 saturated carbocycles. The quantitative estimate of drug-likeness (QED) is 0.278. The van der Waals surface area contributed by atoms with Crippen molar-refractivity contribution in [2.45, 2.75) is 181 Å². The summed E-state index contributed by atoms with van der Waals surface area (Å²) >= 11 is 0. The second-order valence-corrected chi connectivity index (χ2v) is 11.8. The number of rotatable bonds is 11. The van der Waals surface area contributed by atoms with Gasteiger partial charge in [0.05, 0.1) is 0 Å². The van der Waals surface area contributed by atoms with Crippen LogP contribution in [0.15, 0.2) is 0 Å². The molecule has 0 nitrogen and oxygen atoms in total. The first-order valence-corrected chi connectivity index (χ1v) is 14.2. The molecule has 0 heteroatoms. The monoisotopic (exact) mass is 445 g/mol. The van der Waals surface area contributed by atoms with Crippen molar-refractivity contribution in [3.8, 4) is 0 Å². The summed E-state index contributed by atoms with van der Waals surface area (Å²) in [5, 5.41) is 0. The lowest BCUT2D eigenvalue weighted by Crippen LogP contribution is -1.95. The van der Waals surface area contributed by atoms with Crippen molar-refractivity contribution in [3.63, 3.8) is 0 Å². The van der Waals surface area contributed by atoms with Gasteiger partial charge in [-0.15, -0.1) is 0 Å². The highest BCUT2D eigenvalue weighted by Gasteiger charge is 1.96. The molecule has 0 fully saturated rings. The van der Waals surface area contributed by atoms with Gasteiger partial charge in [-0.2, -0.15) is 0 Å². The van der Waals surface area contributed by atoms with Crippen molar-refractivity contribution < 1.29 is 0 Å². The molecule has 0 heterocycles. The molecule has 0 atom stereocenters. The maximum Gasteiger partial charge on any atom is -0.0411 e. The van der Waals surface area contributed by atoms with Gasteiger partial charge < -0.3 is 0 Å². The van der Waals surface area contributed by atoms with Crippen LogP contribution >= 0.6 is 0 Å². The van der Waals surface area contributed by atoms with Crippen molar-refractivity contribution in [3.05, 3.63) is 0 Å². The van der Waals surface area contributed by atoms with E-state index < -0.39 is 0 Å². The van der Waals surface area contributed by atoms with Gasteiger partial charge in [-0.25, -0.2) is 0 Å². The zero-order valence-electron chi connectivity index (χ0n) is 25.7. The highest BCUT2D eigenvalue weighted by Crippen LogP contribution is 2.08. The van der Waals surface area contributed by atoms with Gasteiger partial charge in [0.1, 0.15) is 0 Å². The van der Waals surface area contributed by atoms with E-state index in [0.717, 1.165) is 17.8 Å². The molecule has 0 aliphatic heterocycles. The van der Waals surface area contributed by atoms with Gasteiger partial charge in [0.2, 0.25) is 0 Å². The van der Waals surface area contributed by atoms with Gasteiger partial charge in [-0.1, -0.05) is 181 Å². The van der Waals surface area contributed by atoms with Crippen molar-refractivity contribution in [2.75, 3.05) is 0 Å². The molecule has 0 aliphatic rings. The first-order valence-electron chi connectivity index (χ1n) is 14.2. The summed E-state index contributed by atoms with van der Waals surface area (Å²) < 4.78 is 0. The van der Waals surface area contributed by atoms with Gasteiger partial charge in [-0.05, 0) is 23.2 Å². The fourth-order valence-corrected chi connectivity index (χ4v) is 1.53. The SMILES string of the molecule is CC(C)(C)C.CC(C)C(C)C.CCC(C)C.CCCCCCC.CCCCCCCC. The van der Waals surface area contributed by atoms with E-state index in [4.69, 9.17) is 0 Å². The molecule has 0 amide bonds. The van der Waals surface area contributed by atoms with E-state index in [2.05, 4.69) is 104 Å². The first kappa shape index (κ1) is 41.3. The van der Waals surface area contributed by atoms with Crippen molar-refractivity contribution in [1.29, 1.82) is 0 Å². The summed E-state index contributed by atoms with van der Waals surface area (Å²) in [6.45, 7) is 33.4. The lowest BCUT2D eigenvalue weighted by atomic mass is 10.0. The Morgan fingerprint density at radius 1 is 0.419 bits per heavy atom. The molecule has 0 unspecified atom stereocenters. The van der Waals surface area contributed by atoms with Crippen LogP contribution in [0.2, 0.25) is 0 Å². The number of hydrogen-bond donors (Lipinski definition) is 0. The summed E-state index contributed by atoms with van der Waals surface area (Å²) in [4.78, 5) is 0. The summed E-state index contributed by atoms with van der Waals surface area (Å²) in [5.74, 6) is 2.59. The minimum atomic E-state index is 0.500. The molecule has 0 bridgehead atoms. The van der Waals surface area contributed by atoms with Crippen molar-refractivity contribution in [1.82, 2.24) is 0 Å². The van der Waals surface area contributed by atoms with E-state index in [1.54, 1.807) is 0 Å². The Labute approximate surface area is 204 Å². The Hall–Kier alpha value is 0. The predicted molar refractivity (Wildman–Crippen MR) is 153 cm³/mol. The topological polar surface area (TPSA) is 0 Å². The van der Waals surface area contributed by atoms with E-state index in [-0.39, 0.29) is 0 Å². The molecular formula is C31H72. The summed E-state index contributed by atoms with van der Waals surface area (Å²) in [6, 6.07) is 0. The molecule has 0 rings (SSSR count). The molecule has 0 saturated heterocycles. The van der Waals surface area contributed by atoms with Gasteiger partial charge in [-0.3, -0.25) is 0 Å². The maximum atomic E-state index is 2.26. The van der Waals surface area contributed by atoms with Crippen LogP contribution in [0.1, 0.15) is 181 Å². The lowest BCUT2D eigenvalue weighted by Gasteiger charge is -2.05. The zero-order chi connectivity index (χ0) is 25.7. The van der Waals surface area contributed by atoms with Crippen LogP contribution in [0.25, 0.3) is 0 Å². The molecule has 0 aromatic rings. The fraction of sp³-hybridized carbons (Fsp3) is 1.00. The molecule has 0 aromatic carbocycles. The normalized spacial score (nSPS) is 10.3. The smallest absolute Gasteiger partial charge is 0.0411 e. The average molecular weight is 445 g/mol. The third-order valence-electron chi connectivity index (χ3n) is 4.81. The molecule has 196 valence electrons. The molecule has 0 spiro atoms. The van der Waals surface area contributed by atoms with Gasteiger partial charge in [0, 0.05) is 0 Å². The van der Waals surface area contributed by atoms with Crippen LogP contribution in [0, 0.1) is 23.2 Å². The van der Waals surface area contributed by atoms with Gasteiger partial charge in [0.25, 0.3) is 0 Å². The van der Waals surface area contributed by atoms with Crippen LogP contribution in [0.3, 0.4) is 0 Å². The highest BCUT2D eigenvalue weighted by molar-refractivity contribution is 4.47. The fourth-order valence-electron chi connectivity index (χ4n) is 1.53. The standard InChI is InChI=1S/C8H18.C7H16.C6H14.2C5H12/c1-3-5-7-8-6-4-2;1-3-5-7-6-4-2;1-5(2)6(3)4;1-5(2,3)4;1-4-5(2)3/h3-8H2,1-2H3;3-7H2,1-2H3;5-6H,1-4H3;1-4H3;5H,4H2,1-3H3. The second kappa shape index (κ2) is 34.6. The number of unbranched alkanes of at least 4 members (excludes halogenated alkanes) is 9. The molecule has 0 radical (unpaired) electrons. The van der Waals surface area contributed by atoms with E-state index in [1.807, 2.05) is 0 Å². The number of hydrogen-bond acceptors (Lipinski definition) is 0.